The van der Waals surface area contributed by atoms with Gasteiger partial charge in [-0.1, -0.05) is 13.8 Å². The largest absolute Gasteiger partial charge is 0.481 e. The molecule has 3 heterocycles. The number of ether oxygens (including phenoxy) is 1. The highest BCUT2D eigenvalue weighted by Gasteiger charge is 2.23. The van der Waals surface area contributed by atoms with Crippen molar-refractivity contribution < 1.29 is 9.53 Å². The van der Waals surface area contributed by atoms with Crippen LogP contribution in [0.15, 0.2) is 30.6 Å². The molecule has 1 fully saturated rings. The Morgan fingerprint density at radius 1 is 1.14 bits per heavy atom. The molecule has 0 bridgehead atoms. The minimum Gasteiger partial charge on any atom is -0.481 e. The van der Waals surface area contributed by atoms with Crippen LogP contribution in [-0.4, -0.2) is 42.6 Å². The Bertz CT molecular complexity index is 844. The summed E-state index contributed by atoms with van der Waals surface area (Å²) in [5.74, 6) is 2.99. The van der Waals surface area contributed by atoms with E-state index in [0.29, 0.717) is 5.75 Å². The van der Waals surface area contributed by atoms with E-state index < -0.39 is 0 Å². The van der Waals surface area contributed by atoms with E-state index in [9.17, 15) is 4.79 Å². The molecule has 0 atom stereocenters. The van der Waals surface area contributed by atoms with Crippen LogP contribution in [0.5, 0.6) is 5.75 Å². The zero-order chi connectivity index (χ0) is 19.7. The fourth-order valence-electron chi connectivity index (χ4n) is 3.84. The molecule has 7 heteroatoms. The van der Waals surface area contributed by atoms with Gasteiger partial charge in [0.05, 0.1) is 23.8 Å². The summed E-state index contributed by atoms with van der Waals surface area (Å²) in [6.45, 7) is 6.71. The van der Waals surface area contributed by atoms with Gasteiger partial charge in [0.15, 0.2) is 6.61 Å². The van der Waals surface area contributed by atoms with Gasteiger partial charge < -0.3 is 19.9 Å². The average molecular weight is 381 g/mol. The van der Waals surface area contributed by atoms with Crippen LogP contribution >= 0.6 is 0 Å². The number of hydrogen-bond acceptors (Lipinski definition) is 6. The van der Waals surface area contributed by atoms with Crippen LogP contribution < -0.4 is 19.9 Å². The van der Waals surface area contributed by atoms with Crippen molar-refractivity contribution in [2.24, 2.45) is 11.8 Å². The van der Waals surface area contributed by atoms with Gasteiger partial charge in [0, 0.05) is 31.9 Å². The van der Waals surface area contributed by atoms with Crippen LogP contribution in [0.25, 0.3) is 0 Å². The Hall–Kier alpha value is -2.83. The summed E-state index contributed by atoms with van der Waals surface area (Å²) in [4.78, 5) is 24.7. The molecule has 0 unspecified atom stereocenters. The van der Waals surface area contributed by atoms with E-state index in [0.717, 1.165) is 47.9 Å². The number of benzene rings is 1. The number of rotatable bonds is 4. The molecule has 1 saturated heterocycles. The molecule has 1 aromatic carbocycles. The quantitative estimate of drug-likeness (QED) is 0.875. The van der Waals surface area contributed by atoms with E-state index >= 15 is 0 Å². The lowest BCUT2D eigenvalue weighted by Gasteiger charge is -2.33. The first-order valence-corrected chi connectivity index (χ1v) is 9.88. The van der Waals surface area contributed by atoms with E-state index in [1.165, 1.54) is 12.8 Å². The van der Waals surface area contributed by atoms with Gasteiger partial charge in [0.2, 0.25) is 5.95 Å². The summed E-state index contributed by atoms with van der Waals surface area (Å²) < 4.78 is 5.54. The number of hydrogen-bond donors (Lipinski definition) is 1. The summed E-state index contributed by atoms with van der Waals surface area (Å²) in [6.07, 6.45) is 6.03. The second-order valence-corrected chi connectivity index (χ2v) is 7.89. The number of carbonyl (C=O) groups is 1. The van der Waals surface area contributed by atoms with Gasteiger partial charge in [-0.2, -0.15) is 0 Å². The number of nitrogens with one attached hydrogen (secondary N) is 1. The fourth-order valence-corrected chi connectivity index (χ4v) is 3.84. The maximum Gasteiger partial charge on any atom is 0.264 e. The number of fused-ring (bicyclic) bond motifs is 1. The highest BCUT2D eigenvalue weighted by Crippen LogP contribution is 2.34. The van der Waals surface area contributed by atoms with E-state index in [1.807, 2.05) is 30.6 Å². The number of anilines is 4. The van der Waals surface area contributed by atoms with Crippen LogP contribution in [0.4, 0.5) is 23.0 Å². The first-order chi connectivity index (χ1) is 13.5. The molecule has 1 aromatic heterocycles. The van der Waals surface area contributed by atoms with Gasteiger partial charge >= 0.3 is 0 Å². The third kappa shape index (κ3) is 3.74. The Kier molecular flexibility index (Phi) is 5.07. The molecule has 28 heavy (non-hydrogen) atoms. The minimum atomic E-state index is -0.0466. The maximum absolute atomic E-state index is 11.7. The molecule has 2 aliphatic rings. The molecule has 2 aliphatic heterocycles. The third-order valence-electron chi connectivity index (χ3n) is 5.74. The minimum absolute atomic E-state index is 0.0466. The smallest absolute Gasteiger partial charge is 0.264 e. The lowest BCUT2D eigenvalue weighted by atomic mass is 9.87. The summed E-state index contributed by atoms with van der Waals surface area (Å²) in [5, 5.41) is 3.31. The Balaban J connectivity index is 1.41. The number of piperidine rings is 1. The summed E-state index contributed by atoms with van der Waals surface area (Å²) in [7, 11) is 1.76. The number of aromatic nitrogens is 2. The van der Waals surface area contributed by atoms with E-state index in [4.69, 9.17) is 4.74 Å². The Labute approximate surface area is 165 Å². The summed E-state index contributed by atoms with van der Waals surface area (Å²) in [5.41, 5.74) is 2.47. The van der Waals surface area contributed by atoms with E-state index in [1.54, 1.807) is 11.9 Å². The fraction of sp³-hybridized carbons (Fsp3) is 0.476. The van der Waals surface area contributed by atoms with Crippen LogP contribution in [0.1, 0.15) is 26.7 Å². The molecular formula is C21H27N5O2. The molecule has 0 spiro atoms. The summed E-state index contributed by atoms with van der Waals surface area (Å²) >= 11 is 0. The van der Waals surface area contributed by atoms with Crippen molar-refractivity contribution >= 4 is 28.9 Å². The molecule has 2 aromatic rings. The van der Waals surface area contributed by atoms with Gasteiger partial charge in [0.1, 0.15) is 5.75 Å². The molecule has 0 saturated carbocycles. The monoisotopic (exact) mass is 381 g/mol. The number of nitrogens with zero attached hydrogens (tertiary/aromatic N) is 4. The van der Waals surface area contributed by atoms with Gasteiger partial charge in [-0.15, -0.1) is 0 Å². The Morgan fingerprint density at radius 3 is 2.54 bits per heavy atom. The lowest BCUT2D eigenvalue weighted by Crippen LogP contribution is -2.36. The number of likely N-dealkylation sites (N-methyl/N-ethyl adjacent to an activating group) is 1. The van der Waals surface area contributed by atoms with Crippen molar-refractivity contribution in [3.05, 3.63) is 30.6 Å². The molecule has 1 N–H and O–H groups in total. The van der Waals surface area contributed by atoms with Crippen molar-refractivity contribution in [3.8, 4) is 5.75 Å². The highest BCUT2D eigenvalue weighted by atomic mass is 16.5. The summed E-state index contributed by atoms with van der Waals surface area (Å²) in [6, 6.07) is 5.69. The Morgan fingerprint density at radius 2 is 1.86 bits per heavy atom. The first-order valence-electron chi connectivity index (χ1n) is 9.88. The van der Waals surface area contributed by atoms with Crippen molar-refractivity contribution in [1.29, 1.82) is 0 Å². The van der Waals surface area contributed by atoms with E-state index in [-0.39, 0.29) is 12.5 Å². The van der Waals surface area contributed by atoms with Crippen LogP contribution in [0, 0.1) is 11.8 Å². The second-order valence-electron chi connectivity index (χ2n) is 7.89. The third-order valence-corrected chi connectivity index (χ3v) is 5.74. The zero-order valence-corrected chi connectivity index (χ0v) is 16.7. The SMILES string of the molecule is CC(C)C1CCN(c2ncc(Nc3ccc4c(c3)OCC(=O)N4C)cn2)CC1. The van der Waals surface area contributed by atoms with Crippen molar-refractivity contribution in [2.75, 3.05) is 41.9 Å². The van der Waals surface area contributed by atoms with Gasteiger partial charge in [-0.25, -0.2) is 9.97 Å². The molecule has 0 aliphatic carbocycles. The molecule has 1 amide bonds. The predicted molar refractivity (Wildman–Crippen MR) is 110 cm³/mol. The molecular weight excluding hydrogens is 354 g/mol. The zero-order valence-electron chi connectivity index (χ0n) is 16.7. The topological polar surface area (TPSA) is 70.6 Å². The highest BCUT2D eigenvalue weighted by molar-refractivity contribution is 5.97. The lowest BCUT2D eigenvalue weighted by molar-refractivity contribution is -0.120. The number of carbonyl (C=O) groups excluding carboxylic acids is 1. The normalized spacial score (nSPS) is 17.5. The molecule has 148 valence electrons. The molecule has 4 rings (SSSR count). The molecule has 0 radical (unpaired) electrons. The second kappa shape index (κ2) is 7.66. The van der Waals surface area contributed by atoms with Crippen LogP contribution in [0.2, 0.25) is 0 Å². The predicted octanol–water partition coefficient (Wildman–Crippen LogP) is 3.45. The number of amides is 1. The van der Waals surface area contributed by atoms with Crippen LogP contribution in [-0.2, 0) is 4.79 Å². The van der Waals surface area contributed by atoms with Gasteiger partial charge in [-0.3, -0.25) is 4.79 Å². The van der Waals surface area contributed by atoms with Gasteiger partial charge in [0.25, 0.3) is 5.91 Å². The van der Waals surface area contributed by atoms with Crippen LogP contribution in [0.3, 0.4) is 0 Å². The molecule has 7 nitrogen and oxygen atoms in total. The standard InChI is InChI=1S/C21H27N5O2/c1-14(2)15-6-8-26(9-7-15)21-22-11-17(12-23-21)24-16-4-5-18-19(10-16)28-13-20(27)25(18)3/h4-5,10-12,14-15,24H,6-9,13H2,1-3H3. The average Bonchev–Trinajstić information content (AvgIpc) is 2.71. The van der Waals surface area contributed by atoms with Crippen molar-refractivity contribution in [1.82, 2.24) is 9.97 Å². The van der Waals surface area contributed by atoms with Crippen molar-refractivity contribution in [2.45, 2.75) is 26.7 Å². The van der Waals surface area contributed by atoms with Crippen molar-refractivity contribution in [3.63, 3.8) is 0 Å². The van der Waals surface area contributed by atoms with Gasteiger partial charge in [-0.05, 0) is 36.8 Å². The maximum atomic E-state index is 11.7. The first kappa shape index (κ1) is 18.5. The van der Waals surface area contributed by atoms with E-state index in [2.05, 4.69) is 34.0 Å².